The van der Waals surface area contributed by atoms with Crippen LogP contribution < -0.4 is 15.5 Å². The van der Waals surface area contributed by atoms with Crippen molar-refractivity contribution < 1.29 is 4.79 Å². The molecule has 3 aromatic rings. The largest absolute Gasteiger partial charge is 0.372 e. The summed E-state index contributed by atoms with van der Waals surface area (Å²) < 4.78 is 0. The van der Waals surface area contributed by atoms with Crippen molar-refractivity contribution in [3.05, 3.63) is 101 Å². The molecule has 168 valence electrons. The first-order chi connectivity index (χ1) is 16.2. The Morgan fingerprint density at radius 2 is 1.45 bits per heavy atom. The van der Waals surface area contributed by atoms with Crippen molar-refractivity contribution in [2.24, 2.45) is 0 Å². The Labute approximate surface area is 196 Å². The summed E-state index contributed by atoms with van der Waals surface area (Å²) in [5.74, 6) is 0.414. The number of benzene rings is 3. The molecule has 5 rings (SSSR count). The Hall–Kier alpha value is -3.53. The predicted octanol–water partition coefficient (Wildman–Crippen LogP) is 6.51. The first kappa shape index (κ1) is 21.3. The van der Waals surface area contributed by atoms with Crippen LogP contribution in [0.4, 0.5) is 17.1 Å². The molecular formula is C29H31N3O. The maximum atomic E-state index is 13.6. The number of fused-ring (bicyclic) bond motifs is 1. The highest BCUT2D eigenvalue weighted by Crippen LogP contribution is 2.44. The van der Waals surface area contributed by atoms with E-state index in [4.69, 9.17) is 0 Å². The van der Waals surface area contributed by atoms with Crippen LogP contribution in [0.25, 0.3) is 0 Å². The number of rotatable bonds is 5. The van der Waals surface area contributed by atoms with Crippen molar-refractivity contribution in [3.63, 3.8) is 0 Å². The Balaban J connectivity index is 1.56. The van der Waals surface area contributed by atoms with Gasteiger partial charge in [0, 0.05) is 36.5 Å². The second kappa shape index (κ2) is 9.14. The van der Waals surface area contributed by atoms with Crippen LogP contribution in [0.2, 0.25) is 0 Å². The number of Topliss-reactive ketones (excluding diaryl/α,β-unsaturated/α-hetero) is 1. The Morgan fingerprint density at radius 1 is 0.788 bits per heavy atom. The zero-order valence-electron chi connectivity index (χ0n) is 19.3. The number of ketones is 1. The molecule has 0 amide bonds. The van der Waals surface area contributed by atoms with Gasteiger partial charge in [-0.2, -0.15) is 0 Å². The van der Waals surface area contributed by atoms with Crippen LogP contribution >= 0.6 is 0 Å². The number of hydrogen-bond donors (Lipinski definition) is 2. The highest BCUT2D eigenvalue weighted by molar-refractivity contribution is 6.01. The second-order valence-electron chi connectivity index (χ2n) is 8.84. The minimum absolute atomic E-state index is 0.175. The van der Waals surface area contributed by atoms with Crippen LogP contribution in [0.15, 0.2) is 90.1 Å². The fraction of sp³-hybridized carbons (Fsp3) is 0.276. The molecule has 0 radical (unpaired) electrons. The number of hydrogen-bond acceptors (Lipinski definition) is 4. The molecule has 1 aliphatic heterocycles. The minimum Gasteiger partial charge on any atom is -0.372 e. The van der Waals surface area contributed by atoms with Gasteiger partial charge < -0.3 is 15.5 Å². The van der Waals surface area contributed by atoms with Crippen molar-refractivity contribution in [1.82, 2.24) is 0 Å². The van der Waals surface area contributed by atoms with Crippen molar-refractivity contribution >= 4 is 22.8 Å². The van der Waals surface area contributed by atoms with E-state index in [0.29, 0.717) is 6.42 Å². The van der Waals surface area contributed by atoms with Gasteiger partial charge in [0.1, 0.15) is 0 Å². The quantitative estimate of drug-likeness (QED) is 0.477. The molecule has 1 aliphatic carbocycles. The van der Waals surface area contributed by atoms with E-state index in [-0.39, 0.29) is 17.7 Å². The summed E-state index contributed by atoms with van der Waals surface area (Å²) in [6.07, 6.45) is 1.37. The fourth-order valence-corrected chi connectivity index (χ4v) is 5.17. The van der Waals surface area contributed by atoms with Crippen LogP contribution in [0.3, 0.4) is 0 Å². The number of anilines is 3. The molecule has 0 aromatic heterocycles. The van der Waals surface area contributed by atoms with Gasteiger partial charge in [0.15, 0.2) is 5.78 Å². The van der Waals surface area contributed by atoms with Crippen molar-refractivity contribution in [1.29, 1.82) is 0 Å². The Bertz CT molecular complexity index is 1160. The molecule has 0 saturated carbocycles. The molecule has 0 saturated heterocycles. The maximum Gasteiger partial charge on any atom is 0.163 e. The van der Waals surface area contributed by atoms with Crippen LogP contribution in [0, 0.1) is 0 Å². The highest BCUT2D eigenvalue weighted by Gasteiger charge is 2.36. The number of carbonyl (C=O) groups is 1. The molecule has 0 unspecified atom stereocenters. The lowest BCUT2D eigenvalue weighted by atomic mass is 9.78. The van der Waals surface area contributed by atoms with Crippen molar-refractivity contribution in [2.75, 3.05) is 28.6 Å². The van der Waals surface area contributed by atoms with Crippen LogP contribution in [-0.2, 0) is 4.79 Å². The lowest BCUT2D eigenvalue weighted by molar-refractivity contribution is -0.116. The molecule has 2 atom stereocenters. The third kappa shape index (κ3) is 4.13. The Morgan fingerprint density at radius 3 is 2.15 bits per heavy atom. The second-order valence-corrected chi connectivity index (χ2v) is 8.84. The van der Waals surface area contributed by atoms with E-state index in [0.717, 1.165) is 47.7 Å². The number of carbonyl (C=O) groups excluding carboxylic acids is 1. The van der Waals surface area contributed by atoms with E-state index in [9.17, 15) is 4.79 Å². The molecule has 4 nitrogen and oxygen atoms in total. The highest BCUT2D eigenvalue weighted by atomic mass is 16.1. The smallest absolute Gasteiger partial charge is 0.163 e. The first-order valence-corrected chi connectivity index (χ1v) is 12.0. The predicted molar refractivity (Wildman–Crippen MR) is 137 cm³/mol. The third-order valence-electron chi connectivity index (χ3n) is 6.93. The van der Waals surface area contributed by atoms with Gasteiger partial charge in [-0.05, 0) is 61.6 Å². The summed E-state index contributed by atoms with van der Waals surface area (Å²) in [5, 5.41) is 7.31. The summed E-state index contributed by atoms with van der Waals surface area (Å²) in [4.78, 5) is 16.0. The van der Waals surface area contributed by atoms with Gasteiger partial charge in [-0.15, -0.1) is 0 Å². The first-order valence-electron chi connectivity index (χ1n) is 12.0. The molecule has 4 heteroatoms. The van der Waals surface area contributed by atoms with Crippen molar-refractivity contribution in [2.45, 2.75) is 38.6 Å². The summed E-state index contributed by atoms with van der Waals surface area (Å²) in [6.45, 7) is 6.30. The number of nitrogens with one attached hydrogen (secondary N) is 2. The van der Waals surface area contributed by atoms with E-state index in [2.05, 4.69) is 90.0 Å². The lowest BCUT2D eigenvalue weighted by Crippen LogP contribution is -2.27. The molecule has 0 fully saturated rings. The van der Waals surface area contributed by atoms with Crippen molar-refractivity contribution in [3.8, 4) is 0 Å². The van der Waals surface area contributed by atoms with E-state index < -0.39 is 0 Å². The standard InChI is InChI=1S/C29H31N3O/c1-3-32(4-2)23-16-14-21(15-17-23)29-28-26(30-24-12-8-9-13-25(24)31-29)18-22(19-27(28)33)20-10-6-5-7-11-20/h5-17,22,29-31H,3-4,18-19H2,1-2H3/t22-,29+/m0/s1. The van der Waals surface area contributed by atoms with Gasteiger partial charge in [0.2, 0.25) is 0 Å². The van der Waals surface area contributed by atoms with Crippen LogP contribution in [0.5, 0.6) is 0 Å². The lowest BCUT2D eigenvalue weighted by Gasteiger charge is -2.30. The number of allylic oxidation sites excluding steroid dienone is 1. The van der Waals surface area contributed by atoms with E-state index in [1.165, 1.54) is 11.3 Å². The van der Waals surface area contributed by atoms with Gasteiger partial charge in [0.25, 0.3) is 0 Å². The maximum absolute atomic E-state index is 13.6. The van der Waals surface area contributed by atoms with Gasteiger partial charge in [-0.25, -0.2) is 0 Å². The zero-order chi connectivity index (χ0) is 22.8. The van der Waals surface area contributed by atoms with Gasteiger partial charge in [0.05, 0.1) is 17.4 Å². The van der Waals surface area contributed by atoms with Gasteiger partial charge in [-0.3, -0.25) is 4.79 Å². The van der Waals surface area contributed by atoms with E-state index in [1.807, 2.05) is 18.2 Å². The summed E-state index contributed by atoms with van der Waals surface area (Å²) in [6, 6.07) is 27.1. The molecule has 0 spiro atoms. The SMILES string of the molecule is CCN(CC)c1ccc([C@H]2Nc3ccccc3NC3=C2C(=O)C[C@@H](c2ccccc2)C3)cc1. The molecule has 2 N–H and O–H groups in total. The Kier molecular flexibility index (Phi) is 5.91. The van der Waals surface area contributed by atoms with E-state index in [1.54, 1.807) is 0 Å². The number of nitrogens with zero attached hydrogens (tertiary/aromatic N) is 1. The topological polar surface area (TPSA) is 44.4 Å². The van der Waals surface area contributed by atoms with Crippen LogP contribution in [0.1, 0.15) is 49.8 Å². The average molecular weight is 438 g/mol. The molecular weight excluding hydrogens is 406 g/mol. The third-order valence-corrected chi connectivity index (χ3v) is 6.93. The molecule has 0 bridgehead atoms. The van der Waals surface area contributed by atoms with Gasteiger partial charge in [-0.1, -0.05) is 54.6 Å². The molecule has 2 aliphatic rings. The van der Waals surface area contributed by atoms with E-state index >= 15 is 0 Å². The van der Waals surface area contributed by atoms with Gasteiger partial charge >= 0.3 is 0 Å². The summed E-state index contributed by atoms with van der Waals surface area (Å²) >= 11 is 0. The molecule has 3 aromatic carbocycles. The monoisotopic (exact) mass is 437 g/mol. The fourth-order valence-electron chi connectivity index (χ4n) is 5.17. The molecule has 33 heavy (non-hydrogen) atoms. The minimum atomic E-state index is -0.175. The average Bonchev–Trinajstić information content (AvgIpc) is 3.03. The number of para-hydroxylation sites is 2. The van der Waals surface area contributed by atoms with Crippen LogP contribution in [-0.4, -0.2) is 18.9 Å². The molecule has 1 heterocycles. The summed E-state index contributed by atoms with van der Waals surface area (Å²) in [5.41, 5.74) is 7.50. The zero-order valence-corrected chi connectivity index (χ0v) is 19.3. The normalized spacial score (nSPS) is 19.6. The summed E-state index contributed by atoms with van der Waals surface area (Å²) in [7, 11) is 0.